The lowest BCUT2D eigenvalue weighted by Gasteiger charge is -2.49. The summed E-state index contributed by atoms with van der Waals surface area (Å²) in [5.41, 5.74) is -2.58. The van der Waals surface area contributed by atoms with Crippen LogP contribution in [0.25, 0.3) is 5.69 Å². The Bertz CT molecular complexity index is 2380. The molecule has 1 N–H and O–H groups in total. The van der Waals surface area contributed by atoms with Gasteiger partial charge in [-0.15, -0.1) is 23.2 Å². The van der Waals surface area contributed by atoms with E-state index in [1.807, 2.05) is 0 Å². The molecule has 10 nitrogen and oxygen atoms in total. The van der Waals surface area contributed by atoms with Gasteiger partial charge in [0.25, 0.3) is 11.8 Å². The van der Waals surface area contributed by atoms with E-state index in [0.29, 0.717) is 11.3 Å². The first-order valence-corrected chi connectivity index (χ1v) is 15.6. The molecule has 4 aromatic rings. The molecule has 2 amide bonds. The van der Waals surface area contributed by atoms with Gasteiger partial charge >= 0.3 is 11.4 Å². The first kappa shape index (κ1) is 32.1. The van der Waals surface area contributed by atoms with Crippen LogP contribution >= 0.6 is 23.2 Å². The molecule has 0 spiro atoms. The van der Waals surface area contributed by atoms with Crippen LogP contribution in [-0.2, 0) is 22.6 Å². The minimum atomic E-state index is -2.72. The number of hydrogen-bond acceptors (Lipinski definition) is 6. The van der Waals surface area contributed by atoms with E-state index in [1.54, 1.807) is 18.2 Å². The maximum atomic E-state index is 15.2. The lowest BCUT2D eigenvalue weighted by Crippen LogP contribution is -2.61. The predicted molar refractivity (Wildman–Crippen MR) is 166 cm³/mol. The van der Waals surface area contributed by atoms with E-state index in [-0.39, 0.29) is 40.4 Å². The van der Waals surface area contributed by atoms with Crippen molar-refractivity contribution in [1.29, 1.82) is 0 Å². The fourth-order valence-electron chi connectivity index (χ4n) is 7.44. The van der Waals surface area contributed by atoms with E-state index >= 15 is 8.78 Å². The Morgan fingerprint density at radius 1 is 0.840 bits per heavy atom. The van der Waals surface area contributed by atoms with Gasteiger partial charge in [-0.1, -0.05) is 24.3 Å². The van der Waals surface area contributed by atoms with Gasteiger partial charge in [-0.3, -0.25) is 9.59 Å². The Labute approximate surface area is 286 Å². The zero-order chi connectivity index (χ0) is 35.6. The Morgan fingerprint density at radius 3 is 2.18 bits per heavy atom. The van der Waals surface area contributed by atoms with Crippen LogP contribution in [-0.4, -0.2) is 40.6 Å². The Hall–Kier alpha value is -5.15. The highest BCUT2D eigenvalue weighted by Crippen LogP contribution is 2.63. The van der Waals surface area contributed by atoms with Gasteiger partial charge in [0, 0.05) is 24.3 Å². The van der Waals surface area contributed by atoms with E-state index < -0.39 is 86.1 Å². The third-order valence-corrected chi connectivity index (χ3v) is 11.1. The van der Waals surface area contributed by atoms with Gasteiger partial charge in [-0.25, -0.2) is 50.4 Å². The number of carbonyl (C=O) groups is 2. The number of carbonyl (C=O) groups excluding carboxylic acids is 2. The molecule has 1 aromatic heterocycles. The minimum absolute atomic E-state index is 0.101. The van der Waals surface area contributed by atoms with Crippen molar-refractivity contribution < 1.29 is 41.4 Å². The molecule has 8 rings (SSSR count). The topological polar surface area (TPSA) is 116 Å². The molecule has 3 aliphatic heterocycles. The number of aromatic nitrogens is 3. The first-order valence-electron chi connectivity index (χ1n) is 14.9. The SMILES string of the molecule is O=C1N(c2c(F)c(F)c(F)c(F)c2F)C(=O)C2(Cl)C(C3=COc4ccc(O)cc4C3)C3=CCn4c(=O)n(-c5ccccc5)c(=O)n4C3CC12Cl. The molecule has 3 aromatic carbocycles. The van der Waals surface area contributed by atoms with Crippen LogP contribution in [0, 0.1) is 35.0 Å². The zero-order valence-corrected chi connectivity index (χ0v) is 26.5. The summed E-state index contributed by atoms with van der Waals surface area (Å²) >= 11 is 14.3. The number of halogens is 7. The number of anilines is 1. The van der Waals surface area contributed by atoms with Crippen LogP contribution in [0.2, 0.25) is 0 Å². The maximum absolute atomic E-state index is 15.2. The molecule has 17 heteroatoms. The second-order valence-corrected chi connectivity index (χ2v) is 13.4. The third-order valence-electron chi connectivity index (χ3n) is 9.65. The summed E-state index contributed by atoms with van der Waals surface area (Å²) in [6.45, 7) is -0.243. The largest absolute Gasteiger partial charge is 0.508 e. The molecular weight excluding hydrogens is 714 g/mol. The van der Waals surface area contributed by atoms with Gasteiger partial charge in [-0.05, 0) is 41.5 Å². The number of fused-ring (bicyclic) bond motifs is 5. The number of aromatic hydroxyl groups is 1. The highest BCUT2D eigenvalue weighted by Gasteiger charge is 2.76. The highest BCUT2D eigenvalue weighted by atomic mass is 35.5. The quantitative estimate of drug-likeness (QED) is 0.0813. The normalized spacial score (nSPS) is 25.3. The number of imide groups is 1. The Balaban J connectivity index is 1.36. The second kappa shape index (κ2) is 10.7. The average Bonchev–Trinajstić information content (AvgIpc) is 3.44. The molecule has 0 radical (unpaired) electrons. The van der Waals surface area contributed by atoms with Crippen molar-refractivity contribution in [2.75, 3.05) is 4.90 Å². The lowest BCUT2D eigenvalue weighted by atomic mass is 9.63. The van der Waals surface area contributed by atoms with Gasteiger partial charge < -0.3 is 9.84 Å². The molecule has 4 heterocycles. The summed E-state index contributed by atoms with van der Waals surface area (Å²) in [6, 6.07) is 10.8. The average molecular weight is 733 g/mol. The number of hydrogen-bond donors (Lipinski definition) is 1. The number of benzene rings is 3. The number of phenols is 1. The van der Waals surface area contributed by atoms with Crippen LogP contribution in [0.4, 0.5) is 27.6 Å². The molecule has 4 atom stereocenters. The summed E-state index contributed by atoms with van der Waals surface area (Å²) in [7, 11) is 0. The number of allylic oxidation sites excluding steroid dienone is 3. The van der Waals surface area contributed by atoms with Crippen molar-refractivity contribution in [1.82, 2.24) is 13.9 Å². The smallest absolute Gasteiger partial charge is 0.352 e. The van der Waals surface area contributed by atoms with Gasteiger partial charge in [0.1, 0.15) is 17.2 Å². The number of nitrogens with zero attached hydrogens (tertiary/aromatic N) is 4. The number of alkyl halides is 2. The van der Waals surface area contributed by atoms with Crippen LogP contribution < -0.4 is 21.0 Å². The molecule has 4 aliphatic rings. The van der Waals surface area contributed by atoms with Crippen LogP contribution in [0.15, 0.2) is 81.6 Å². The van der Waals surface area contributed by atoms with Crippen LogP contribution in [0.3, 0.4) is 0 Å². The second-order valence-electron chi connectivity index (χ2n) is 12.2. The minimum Gasteiger partial charge on any atom is -0.508 e. The summed E-state index contributed by atoms with van der Waals surface area (Å²) in [5, 5.41) is 10.2. The molecule has 50 heavy (non-hydrogen) atoms. The van der Waals surface area contributed by atoms with Gasteiger partial charge in [0.15, 0.2) is 33.0 Å². The van der Waals surface area contributed by atoms with E-state index in [0.717, 1.165) is 13.9 Å². The Morgan fingerprint density at radius 2 is 1.50 bits per heavy atom. The monoisotopic (exact) mass is 732 g/mol. The molecule has 1 aliphatic carbocycles. The summed E-state index contributed by atoms with van der Waals surface area (Å²) in [5.74, 6) is -16.9. The lowest BCUT2D eigenvalue weighted by molar-refractivity contribution is -0.122. The summed E-state index contributed by atoms with van der Waals surface area (Å²) < 4.78 is 82.1. The van der Waals surface area contributed by atoms with Crippen molar-refractivity contribution in [3.05, 3.63) is 128 Å². The van der Waals surface area contributed by atoms with E-state index in [2.05, 4.69) is 0 Å². The number of phenolic OH excluding ortho intramolecular Hbond substituents is 1. The number of ether oxygens (including phenoxy) is 1. The first-order chi connectivity index (χ1) is 23.7. The van der Waals surface area contributed by atoms with Crippen LogP contribution in [0.1, 0.15) is 18.0 Å². The number of para-hydroxylation sites is 1. The number of rotatable bonds is 3. The molecule has 256 valence electrons. The van der Waals surface area contributed by atoms with Crippen molar-refractivity contribution in [3.8, 4) is 17.2 Å². The fourth-order valence-corrected chi connectivity index (χ4v) is 8.37. The molecule has 2 fully saturated rings. The predicted octanol–water partition coefficient (Wildman–Crippen LogP) is 4.75. The van der Waals surface area contributed by atoms with Crippen molar-refractivity contribution in [3.63, 3.8) is 0 Å². The van der Waals surface area contributed by atoms with Crippen molar-refractivity contribution in [2.24, 2.45) is 5.92 Å². The van der Waals surface area contributed by atoms with Gasteiger partial charge in [0.05, 0.1) is 24.5 Å². The van der Waals surface area contributed by atoms with E-state index in [9.17, 15) is 37.5 Å². The van der Waals surface area contributed by atoms with E-state index in [4.69, 9.17) is 27.9 Å². The molecule has 0 bridgehead atoms. The van der Waals surface area contributed by atoms with Gasteiger partial charge in [-0.2, -0.15) is 0 Å². The standard InChI is InChI=1S/C33H19Cl2F5N4O6/c34-32-12-19-18(8-9-41-30(48)42(31(49)44(19)41)16-4-2-1-3-5-16)21(15-10-14-11-17(45)6-7-20(14)50-13-15)33(32,35)29(47)43(28(32)46)27-25(39)23(37)22(36)24(38)26(27)40/h1-8,11,13,19,21,45H,9-10,12H2. The van der Waals surface area contributed by atoms with Crippen molar-refractivity contribution >= 4 is 40.7 Å². The third kappa shape index (κ3) is 3.95. The van der Waals surface area contributed by atoms with Gasteiger partial charge in [0.2, 0.25) is 5.82 Å². The zero-order valence-electron chi connectivity index (χ0n) is 25.0. The molecule has 1 saturated carbocycles. The summed E-state index contributed by atoms with van der Waals surface area (Å²) in [6.07, 6.45) is 1.86. The number of amides is 2. The van der Waals surface area contributed by atoms with E-state index in [1.165, 1.54) is 42.7 Å². The summed E-state index contributed by atoms with van der Waals surface area (Å²) in [4.78, 5) is 50.6. The van der Waals surface area contributed by atoms with Crippen molar-refractivity contribution in [2.45, 2.75) is 35.2 Å². The Kier molecular flexibility index (Phi) is 6.85. The van der Waals surface area contributed by atoms with Crippen LogP contribution in [0.5, 0.6) is 11.5 Å². The molecule has 4 unspecified atom stereocenters. The highest BCUT2D eigenvalue weighted by molar-refractivity contribution is 6.58. The maximum Gasteiger partial charge on any atom is 0.352 e. The molecule has 1 saturated heterocycles. The molecular formula is C33H19Cl2F5N4O6. The fraction of sp³-hybridized carbons (Fsp3) is 0.212.